The topological polar surface area (TPSA) is 47.6 Å². The van der Waals surface area contributed by atoms with Gasteiger partial charge in [-0.3, -0.25) is 4.79 Å². The Morgan fingerprint density at radius 1 is 1.35 bits per heavy atom. The largest absolute Gasteiger partial charge is 0.382 e. The molecule has 1 amide bonds. The van der Waals surface area contributed by atoms with Crippen molar-refractivity contribution in [3.63, 3.8) is 0 Å². The van der Waals surface area contributed by atoms with Crippen molar-refractivity contribution in [3.05, 3.63) is 0 Å². The Kier molecular flexibility index (Phi) is 8.82. The van der Waals surface area contributed by atoms with Crippen LogP contribution in [0.1, 0.15) is 27.2 Å². The maximum absolute atomic E-state index is 11.4. The molecule has 0 aromatic carbocycles. The average molecular weight is 310 g/mol. The van der Waals surface area contributed by atoms with Gasteiger partial charge in [-0.15, -0.1) is 0 Å². The third-order valence-corrected chi connectivity index (χ3v) is 2.67. The first-order valence-corrected chi connectivity index (χ1v) is 6.74. The van der Waals surface area contributed by atoms with Crippen LogP contribution in [0.5, 0.6) is 0 Å². The van der Waals surface area contributed by atoms with Gasteiger partial charge in [0.25, 0.3) is 0 Å². The number of ether oxygens (including phenoxy) is 2. The molecule has 0 aliphatic carbocycles. The zero-order valence-corrected chi connectivity index (χ0v) is 12.8. The molecule has 0 aliphatic heterocycles. The first kappa shape index (κ1) is 16.9. The van der Waals surface area contributed by atoms with E-state index in [0.717, 1.165) is 6.42 Å². The van der Waals surface area contributed by atoms with Gasteiger partial charge in [0.05, 0.1) is 13.2 Å². The summed E-state index contributed by atoms with van der Waals surface area (Å²) in [5.74, 6) is -0.0838. The third kappa shape index (κ3) is 12.1. The molecule has 0 spiro atoms. The van der Waals surface area contributed by atoms with E-state index in [1.165, 1.54) is 0 Å². The monoisotopic (exact) mass is 309 g/mol. The van der Waals surface area contributed by atoms with E-state index in [9.17, 15) is 4.79 Å². The number of hydrogen-bond donors (Lipinski definition) is 1. The third-order valence-electron chi connectivity index (χ3n) is 2.02. The second-order valence-corrected chi connectivity index (χ2v) is 6.51. The average Bonchev–Trinajstić information content (AvgIpc) is 2.19. The van der Waals surface area contributed by atoms with E-state index >= 15 is 0 Å². The first-order chi connectivity index (χ1) is 7.85. The fourth-order valence-corrected chi connectivity index (χ4v) is 2.45. The fraction of sp³-hybridized carbons (Fsp3) is 0.917. The summed E-state index contributed by atoms with van der Waals surface area (Å²) in [6, 6.07) is 0. The van der Waals surface area contributed by atoms with Crippen LogP contribution in [-0.2, 0) is 14.3 Å². The molecule has 5 heteroatoms. The Morgan fingerprint density at radius 2 is 2.00 bits per heavy atom. The Bertz CT molecular complexity index is 216. The number of amides is 1. The number of alkyl halides is 1. The van der Waals surface area contributed by atoms with Gasteiger partial charge in [0.1, 0.15) is 6.61 Å². The second kappa shape index (κ2) is 8.89. The molecule has 17 heavy (non-hydrogen) atoms. The van der Waals surface area contributed by atoms with E-state index in [1.807, 2.05) is 0 Å². The molecule has 0 fully saturated rings. The smallest absolute Gasteiger partial charge is 0.246 e. The van der Waals surface area contributed by atoms with Crippen molar-refractivity contribution in [2.75, 3.05) is 33.5 Å². The van der Waals surface area contributed by atoms with Crippen LogP contribution in [0.15, 0.2) is 0 Å². The summed E-state index contributed by atoms with van der Waals surface area (Å²) in [6.07, 6.45) is 1.01. The van der Waals surface area contributed by atoms with Gasteiger partial charge in [0.2, 0.25) is 5.91 Å². The van der Waals surface area contributed by atoms with Crippen molar-refractivity contribution in [1.29, 1.82) is 0 Å². The molecule has 0 heterocycles. The van der Waals surface area contributed by atoms with Gasteiger partial charge in [-0.25, -0.2) is 0 Å². The Hall–Kier alpha value is -0.130. The molecular weight excluding hydrogens is 286 g/mol. The summed E-state index contributed by atoms with van der Waals surface area (Å²) in [6.45, 7) is 8.22. The minimum atomic E-state index is -0.0838. The summed E-state index contributed by atoms with van der Waals surface area (Å²) in [7, 11) is 1.60. The van der Waals surface area contributed by atoms with Crippen LogP contribution < -0.4 is 5.32 Å². The number of carbonyl (C=O) groups excluding carboxylic acids is 1. The minimum Gasteiger partial charge on any atom is -0.382 e. The van der Waals surface area contributed by atoms with Gasteiger partial charge in [-0.05, 0) is 11.8 Å². The van der Waals surface area contributed by atoms with Crippen molar-refractivity contribution in [2.24, 2.45) is 5.41 Å². The number of hydrogen-bond acceptors (Lipinski definition) is 3. The van der Waals surface area contributed by atoms with Gasteiger partial charge in [-0.1, -0.05) is 36.7 Å². The predicted molar refractivity (Wildman–Crippen MR) is 72.5 cm³/mol. The number of nitrogens with one attached hydrogen (secondary N) is 1. The van der Waals surface area contributed by atoms with Crippen molar-refractivity contribution in [3.8, 4) is 0 Å². The highest BCUT2D eigenvalue weighted by Gasteiger charge is 2.16. The van der Waals surface area contributed by atoms with E-state index < -0.39 is 0 Å². The second-order valence-electron chi connectivity index (χ2n) is 5.21. The zero-order valence-electron chi connectivity index (χ0n) is 11.2. The van der Waals surface area contributed by atoms with E-state index in [0.29, 0.717) is 24.6 Å². The van der Waals surface area contributed by atoms with E-state index in [2.05, 4.69) is 42.0 Å². The Balaban J connectivity index is 3.56. The molecule has 0 bridgehead atoms. The van der Waals surface area contributed by atoms with E-state index in [-0.39, 0.29) is 17.9 Å². The van der Waals surface area contributed by atoms with Crippen LogP contribution in [0.2, 0.25) is 0 Å². The van der Waals surface area contributed by atoms with Crippen LogP contribution in [0, 0.1) is 5.41 Å². The molecule has 1 unspecified atom stereocenters. The van der Waals surface area contributed by atoms with Crippen molar-refractivity contribution in [2.45, 2.75) is 32.0 Å². The molecule has 0 radical (unpaired) electrons. The summed E-state index contributed by atoms with van der Waals surface area (Å²) >= 11 is 3.56. The first-order valence-electron chi connectivity index (χ1n) is 5.82. The standard InChI is InChI=1S/C12H24BrNO3/c1-12(2,3)7-10(13)8-14-11(15)9-17-6-5-16-4/h10H,5-9H2,1-4H3,(H,14,15). The van der Waals surface area contributed by atoms with Crippen LogP contribution in [0.3, 0.4) is 0 Å². The fourth-order valence-electron chi connectivity index (χ4n) is 1.32. The summed E-state index contributed by atoms with van der Waals surface area (Å²) in [4.78, 5) is 11.7. The molecule has 1 atom stereocenters. The maximum atomic E-state index is 11.4. The molecule has 1 N–H and O–H groups in total. The summed E-state index contributed by atoms with van der Waals surface area (Å²) < 4.78 is 9.93. The summed E-state index contributed by atoms with van der Waals surface area (Å²) in [5, 5.41) is 2.83. The highest BCUT2D eigenvalue weighted by atomic mass is 79.9. The van der Waals surface area contributed by atoms with Gasteiger partial charge in [0.15, 0.2) is 0 Å². The Labute approximate surface area is 113 Å². The molecule has 0 saturated heterocycles. The number of methoxy groups -OCH3 is 1. The van der Waals surface area contributed by atoms with Crippen molar-refractivity contribution < 1.29 is 14.3 Å². The van der Waals surface area contributed by atoms with Crippen LogP contribution >= 0.6 is 15.9 Å². The van der Waals surface area contributed by atoms with E-state index in [1.54, 1.807) is 7.11 Å². The lowest BCUT2D eigenvalue weighted by Crippen LogP contribution is -2.34. The van der Waals surface area contributed by atoms with Gasteiger partial charge >= 0.3 is 0 Å². The molecule has 0 aromatic heterocycles. The lowest BCUT2D eigenvalue weighted by atomic mass is 9.90. The number of carbonyl (C=O) groups is 1. The molecule has 0 aliphatic rings. The zero-order chi connectivity index (χ0) is 13.3. The molecule has 4 nitrogen and oxygen atoms in total. The molecule has 0 aromatic rings. The SMILES string of the molecule is COCCOCC(=O)NCC(Br)CC(C)(C)C. The summed E-state index contributed by atoms with van der Waals surface area (Å²) in [5.41, 5.74) is 0.258. The lowest BCUT2D eigenvalue weighted by Gasteiger charge is -2.22. The van der Waals surface area contributed by atoms with Crippen LogP contribution in [0.25, 0.3) is 0 Å². The van der Waals surface area contributed by atoms with Gasteiger partial charge < -0.3 is 14.8 Å². The molecule has 0 rings (SSSR count). The molecule has 0 saturated carbocycles. The van der Waals surface area contributed by atoms with E-state index in [4.69, 9.17) is 9.47 Å². The Morgan fingerprint density at radius 3 is 2.53 bits per heavy atom. The molecule has 102 valence electrons. The maximum Gasteiger partial charge on any atom is 0.246 e. The highest BCUT2D eigenvalue weighted by molar-refractivity contribution is 9.09. The van der Waals surface area contributed by atoms with Gasteiger partial charge in [-0.2, -0.15) is 0 Å². The van der Waals surface area contributed by atoms with Crippen LogP contribution in [-0.4, -0.2) is 44.2 Å². The number of halogens is 1. The highest BCUT2D eigenvalue weighted by Crippen LogP contribution is 2.23. The van der Waals surface area contributed by atoms with Gasteiger partial charge in [0, 0.05) is 18.5 Å². The quantitative estimate of drug-likeness (QED) is 0.551. The lowest BCUT2D eigenvalue weighted by molar-refractivity contribution is -0.126. The minimum absolute atomic E-state index is 0.0838. The van der Waals surface area contributed by atoms with Crippen molar-refractivity contribution in [1.82, 2.24) is 5.32 Å². The molecular formula is C12H24BrNO3. The van der Waals surface area contributed by atoms with Crippen LogP contribution in [0.4, 0.5) is 0 Å². The normalized spacial score (nSPS) is 13.5. The van der Waals surface area contributed by atoms with Crippen molar-refractivity contribution >= 4 is 21.8 Å². The predicted octanol–water partition coefficient (Wildman–Crippen LogP) is 1.97. The number of rotatable bonds is 8.